The van der Waals surface area contributed by atoms with Gasteiger partial charge in [-0.15, -0.1) is 0 Å². The van der Waals surface area contributed by atoms with Gasteiger partial charge in [-0.25, -0.2) is 0 Å². The SMILES string of the molecule is CC(CC(=O)Nc1cccc(N2CCCC2)c1)NC(=O)CC(NC(=O)c1ccccc1)c1ccccc1. The van der Waals surface area contributed by atoms with Gasteiger partial charge in [-0.3, -0.25) is 14.4 Å². The highest BCUT2D eigenvalue weighted by atomic mass is 16.2. The van der Waals surface area contributed by atoms with E-state index in [2.05, 4.69) is 26.9 Å². The molecule has 37 heavy (non-hydrogen) atoms. The Hall–Kier alpha value is -4.13. The molecule has 3 amide bonds. The average Bonchev–Trinajstić information content (AvgIpc) is 3.44. The molecule has 7 heteroatoms. The summed E-state index contributed by atoms with van der Waals surface area (Å²) in [6, 6.07) is 25.3. The van der Waals surface area contributed by atoms with Crippen molar-refractivity contribution in [2.24, 2.45) is 0 Å². The second kappa shape index (κ2) is 12.7. The minimum Gasteiger partial charge on any atom is -0.371 e. The van der Waals surface area contributed by atoms with E-state index in [1.54, 1.807) is 31.2 Å². The topological polar surface area (TPSA) is 90.5 Å². The van der Waals surface area contributed by atoms with Crippen molar-refractivity contribution in [1.82, 2.24) is 10.6 Å². The summed E-state index contributed by atoms with van der Waals surface area (Å²) in [6.07, 6.45) is 2.59. The third-order valence-corrected chi connectivity index (χ3v) is 6.43. The zero-order chi connectivity index (χ0) is 26.0. The first-order chi connectivity index (χ1) is 18.0. The molecule has 0 radical (unpaired) electrons. The molecule has 2 unspecified atom stereocenters. The molecule has 0 aliphatic carbocycles. The van der Waals surface area contributed by atoms with Crippen molar-refractivity contribution in [1.29, 1.82) is 0 Å². The molecule has 4 rings (SSSR count). The Kier molecular flexibility index (Phi) is 8.92. The van der Waals surface area contributed by atoms with Crippen LogP contribution < -0.4 is 20.9 Å². The number of nitrogens with one attached hydrogen (secondary N) is 3. The van der Waals surface area contributed by atoms with Crippen LogP contribution in [0.1, 0.15) is 54.6 Å². The van der Waals surface area contributed by atoms with E-state index in [-0.39, 0.29) is 36.6 Å². The summed E-state index contributed by atoms with van der Waals surface area (Å²) < 4.78 is 0. The van der Waals surface area contributed by atoms with E-state index in [9.17, 15) is 14.4 Å². The summed E-state index contributed by atoms with van der Waals surface area (Å²) in [4.78, 5) is 40.6. The van der Waals surface area contributed by atoms with E-state index in [4.69, 9.17) is 0 Å². The lowest BCUT2D eigenvalue weighted by Crippen LogP contribution is -2.38. The van der Waals surface area contributed by atoms with Crippen molar-refractivity contribution >= 4 is 29.1 Å². The first-order valence-corrected chi connectivity index (χ1v) is 12.8. The van der Waals surface area contributed by atoms with E-state index in [0.717, 1.165) is 30.0 Å². The highest BCUT2D eigenvalue weighted by molar-refractivity contribution is 5.95. The molecule has 3 aromatic rings. The second-order valence-corrected chi connectivity index (χ2v) is 9.47. The maximum Gasteiger partial charge on any atom is 0.251 e. The van der Waals surface area contributed by atoms with E-state index in [1.165, 1.54) is 12.8 Å². The van der Waals surface area contributed by atoms with Gasteiger partial charge >= 0.3 is 0 Å². The fraction of sp³-hybridized carbons (Fsp3) is 0.300. The molecule has 3 aromatic carbocycles. The lowest BCUT2D eigenvalue weighted by molar-refractivity contribution is -0.122. The first kappa shape index (κ1) is 25.9. The van der Waals surface area contributed by atoms with Crippen molar-refractivity contribution in [3.8, 4) is 0 Å². The summed E-state index contributed by atoms with van der Waals surface area (Å²) in [5, 5.41) is 8.83. The Morgan fingerprint density at radius 2 is 1.46 bits per heavy atom. The molecular weight excluding hydrogens is 464 g/mol. The largest absolute Gasteiger partial charge is 0.371 e. The zero-order valence-electron chi connectivity index (χ0n) is 21.2. The minimum absolute atomic E-state index is 0.0619. The lowest BCUT2D eigenvalue weighted by Gasteiger charge is -2.21. The Morgan fingerprint density at radius 1 is 0.784 bits per heavy atom. The van der Waals surface area contributed by atoms with Crippen LogP contribution in [0.4, 0.5) is 11.4 Å². The third-order valence-electron chi connectivity index (χ3n) is 6.43. The Morgan fingerprint density at radius 3 is 2.16 bits per heavy atom. The Labute approximate surface area is 218 Å². The van der Waals surface area contributed by atoms with Gasteiger partial charge in [-0.05, 0) is 55.7 Å². The van der Waals surface area contributed by atoms with Crippen molar-refractivity contribution in [2.45, 2.75) is 44.7 Å². The Balaban J connectivity index is 1.31. The normalized spacial score (nSPS) is 14.5. The molecule has 2 atom stereocenters. The van der Waals surface area contributed by atoms with Crippen LogP contribution in [0.15, 0.2) is 84.9 Å². The monoisotopic (exact) mass is 498 g/mol. The summed E-state index contributed by atoms with van der Waals surface area (Å²) >= 11 is 0. The van der Waals surface area contributed by atoms with Crippen LogP contribution in [-0.4, -0.2) is 36.9 Å². The summed E-state index contributed by atoms with van der Waals surface area (Å²) in [5.74, 6) is -0.646. The number of carbonyl (C=O) groups is 3. The van der Waals surface area contributed by atoms with Crippen LogP contribution in [0.2, 0.25) is 0 Å². The van der Waals surface area contributed by atoms with Gasteiger partial charge < -0.3 is 20.9 Å². The van der Waals surface area contributed by atoms with Crippen molar-refractivity contribution in [3.63, 3.8) is 0 Å². The molecule has 0 saturated carbocycles. The quantitative estimate of drug-likeness (QED) is 0.379. The maximum absolute atomic E-state index is 12.9. The van der Waals surface area contributed by atoms with Crippen LogP contribution >= 0.6 is 0 Å². The number of hydrogen-bond donors (Lipinski definition) is 3. The number of anilines is 2. The summed E-state index contributed by atoms with van der Waals surface area (Å²) in [7, 11) is 0. The molecule has 1 heterocycles. The highest BCUT2D eigenvalue weighted by Crippen LogP contribution is 2.23. The number of nitrogens with zero attached hydrogens (tertiary/aromatic N) is 1. The van der Waals surface area contributed by atoms with Gasteiger partial charge in [0, 0.05) is 42.5 Å². The van der Waals surface area contributed by atoms with Gasteiger partial charge in [0.2, 0.25) is 11.8 Å². The van der Waals surface area contributed by atoms with Gasteiger partial charge in [-0.1, -0.05) is 54.6 Å². The molecule has 1 aliphatic rings. The number of rotatable bonds is 10. The zero-order valence-corrected chi connectivity index (χ0v) is 21.2. The van der Waals surface area contributed by atoms with Crippen LogP contribution in [-0.2, 0) is 9.59 Å². The number of hydrogen-bond acceptors (Lipinski definition) is 4. The molecule has 1 saturated heterocycles. The molecule has 0 bridgehead atoms. The fourth-order valence-electron chi connectivity index (χ4n) is 4.58. The van der Waals surface area contributed by atoms with E-state index < -0.39 is 6.04 Å². The van der Waals surface area contributed by atoms with E-state index in [0.29, 0.717) is 5.56 Å². The molecule has 0 aromatic heterocycles. The molecule has 3 N–H and O–H groups in total. The van der Waals surface area contributed by atoms with Crippen molar-refractivity contribution in [3.05, 3.63) is 96.1 Å². The summed E-state index contributed by atoms with van der Waals surface area (Å²) in [6.45, 7) is 3.88. The van der Waals surface area contributed by atoms with E-state index in [1.807, 2.05) is 54.6 Å². The van der Waals surface area contributed by atoms with Gasteiger partial charge in [0.1, 0.15) is 0 Å². The molecule has 192 valence electrons. The van der Waals surface area contributed by atoms with Crippen LogP contribution in [0.25, 0.3) is 0 Å². The predicted octanol–water partition coefficient (Wildman–Crippen LogP) is 4.68. The van der Waals surface area contributed by atoms with Crippen molar-refractivity contribution < 1.29 is 14.4 Å². The smallest absolute Gasteiger partial charge is 0.251 e. The van der Waals surface area contributed by atoms with Crippen LogP contribution in [0, 0.1) is 0 Å². The van der Waals surface area contributed by atoms with Gasteiger partial charge in [0.05, 0.1) is 12.5 Å². The van der Waals surface area contributed by atoms with Gasteiger partial charge in [-0.2, -0.15) is 0 Å². The fourth-order valence-corrected chi connectivity index (χ4v) is 4.58. The molecule has 0 spiro atoms. The second-order valence-electron chi connectivity index (χ2n) is 9.47. The Bertz CT molecular complexity index is 1190. The number of carbonyl (C=O) groups excluding carboxylic acids is 3. The van der Waals surface area contributed by atoms with E-state index >= 15 is 0 Å². The predicted molar refractivity (Wildman–Crippen MR) is 146 cm³/mol. The lowest BCUT2D eigenvalue weighted by atomic mass is 10.0. The first-order valence-electron chi connectivity index (χ1n) is 12.8. The highest BCUT2D eigenvalue weighted by Gasteiger charge is 2.21. The molecule has 1 aliphatic heterocycles. The standard InChI is InChI=1S/C30H34N4O3/c1-22(19-28(35)32-25-15-10-16-26(20-25)34-17-8-9-18-34)31-29(36)21-27(23-11-4-2-5-12-23)33-30(37)24-13-6-3-7-14-24/h2-7,10-16,20,22,27H,8-9,17-19,21H2,1H3,(H,31,36)(H,32,35)(H,33,37). The maximum atomic E-state index is 12.9. The summed E-state index contributed by atoms with van der Waals surface area (Å²) in [5.41, 5.74) is 3.23. The third kappa shape index (κ3) is 7.67. The molecule has 1 fully saturated rings. The van der Waals surface area contributed by atoms with Gasteiger partial charge in [0.15, 0.2) is 0 Å². The van der Waals surface area contributed by atoms with Crippen LogP contribution in [0.5, 0.6) is 0 Å². The van der Waals surface area contributed by atoms with Crippen molar-refractivity contribution in [2.75, 3.05) is 23.3 Å². The van der Waals surface area contributed by atoms with Crippen LogP contribution in [0.3, 0.4) is 0 Å². The minimum atomic E-state index is -0.497. The average molecular weight is 499 g/mol. The number of benzene rings is 3. The number of amides is 3. The van der Waals surface area contributed by atoms with Gasteiger partial charge in [0.25, 0.3) is 5.91 Å². The molecule has 7 nitrogen and oxygen atoms in total. The molecular formula is C30H34N4O3.